The van der Waals surface area contributed by atoms with Crippen LogP contribution in [0.4, 0.5) is 5.82 Å². The molecule has 19 heavy (non-hydrogen) atoms. The monoisotopic (exact) mass is 259 g/mol. The molecular formula is C13H17N5O. The second-order valence-corrected chi connectivity index (χ2v) is 4.05. The lowest BCUT2D eigenvalue weighted by Gasteiger charge is -2.05. The van der Waals surface area contributed by atoms with Gasteiger partial charge in [-0.05, 0) is 18.6 Å². The van der Waals surface area contributed by atoms with Gasteiger partial charge in [0, 0.05) is 32.4 Å². The quantitative estimate of drug-likeness (QED) is 0.681. The van der Waals surface area contributed by atoms with Gasteiger partial charge < -0.3 is 15.6 Å². The van der Waals surface area contributed by atoms with E-state index in [-0.39, 0.29) is 5.91 Å². The van der Waals surface area contributed by atoms with Crippen LogP contribution in [0.3, 0.4) is 0 Å². The standard InChI is InChI=1S/C13H17N5O/c1-14-11-5-2-4-10(18-11)13(19)17-7-3-6-12-15-8-9-16-12/h2,4-5,8-9H,3,6-7H2,1H3,(H,14,18)(H,15,16)(H,17,19). The van der Waals surface area contributed by atoms with E-state index in [1.165, 1.54) is 0 Å². The van der Waals surface area contributed by atoms with Crippen molar-refractivity contribution in [3.05, 3.63) is 42.1 Å². The molecule has 2 heterocycles. The lowest BCUT2D eigenvalue weighted by Crippen LogP contribution is -2.25. The number of aromatic nitrogens is 3. The molecule has 100 valence electrons. The summed E-state index contributed by atoms with van der Waals surface area (Å²) in [6, 6.07) is 5.31. The Hall–Kier alpha value is -2.37. The number of aryl methyl sites for hydroxylation is 1. The zero-order valence-electron chi connectivity index (χ0n) is 10.8. The van der Waals surface area contributed by atoms with Crippen LogP contribution in [-0.4, -0.2) is 34.5 Å². The Morgan fingerprint density at radius 1 is 1.42 bits per heavy atom. The molecule has 0 aliphatic rings. The highest BCUT2D eigenvalue weighted by molar-refractivity contribution is 5.92. The third kappa shape index (κ3) is 3.80. The molecular weight excluding hydrogens is 242 g/mol. The third-order valence-electron chi connectivity index (χ3n) is 2.67. The molecule has 0 spiro atoms. The van der Waals surface area contributed by atoms with Gasteiger partial charge in [-0.15, -0.1) is 0 Å². The van der Waals surface area contributed by atoms with Crippen LogP contribution >= 0.6 is 0 Å². The van der Waals surface area contributed by atoms with Crippen molar-refractivity contribution in [2.45, 2.75) is 12.8 Å². The van der Waals surface area contributed by atoms with Gasteiger partial charge in [0.1, 0.15) is 17.3 Å². The molecule has 0 aliphatic carbocycles. The molecule has 3 N–H and O–H groups in total. The first-order valence-corrected chi connectivity index (χ1v) is 6.21. The van der Waals surface area contributed by atoms with Crippen molar-refractivity contribution in [1.82, 2.24) is 20.3 Å². The Labute approximate surface area is 111 Å². The number of H-pyrrole nitrogens is 1. The van der Waals surface area contributed by atoms with Crippen LogP contribution in [0.1, 0.15) is 22.7 Å². The van der Waals surface area contributed by atoms with E-state index in [1.54, 1.807) is 31.6 Å². The largest absolute Gasteiger partial charge is 0.373 e. The third-order valence-corrected chi connectivity index (χ3v) is 2.67. The van der Waals surface area contributed by atoms with E-state index in [9.17, 15) is 4.79 Å². The van der Waals surface area contributed by atoms with E-state index in [2.05, 4.69) is 25.6 Å². The second kappa shape index (κ2) is 6.53. The predicted molar refractivity (Wildman–Crippen MR) is 73.0 cm³/mol. The molecule has 0 unspecified atom stereocenters. The number of carbonyl (C=O) groups excluding carboxylic acids is 1. The predicted octanol–water partition coefficient (Wildman–Crippen LogP) is 1.21. The first-order chi connectivity index (χ1) is 9.29. The maximum Gasteiger partial charge on any atom is 0.269 e. The zero-order valence-corrected chi connectivity index (χ0v) is 10.8. The molecule has 0 saturated carbocycles. The number of pyridine rings is 1. The Morgan fingerprint density at radius 3 is 3.05 bits per heavy atom. The van der Waals surface area contributed by atoms with E-state index in [4.69, 9.17) is 0 Å². The zero-order chi connectivity index (χ0) is 13.5. The van der Waals surface area contributed by atoms with Crippen molar-refractivity contribution in [2.24, 2.45) is 0 Å². The Bertz CT molecular complexity index is 524. The van der Waals surface area contributed by atoms with E-state index in [1.807, 2.05) is 6.07 Å². The number of nitrogens with zero attached hydrogens (tertiary/aromatic N) is 2. The van der Waals surface area contributed by atoms with Crippen LogP contribution in [0.15, 0.2) is 30.6 Å². The molecule has 2 rings (SSSR count). The molecule has 0 aliphatic heterocycles. The topological polar surface area (TPSA) is 82.7 Å². The molecule has 0 radical (unpaired) electrons. The minimum atomic E-state index is -0.156. The van der Waals surface area contributed by atoms with Gasteiger partial charge in [0.15, 0.2) is 0 Å². The molecule has 2 aromatic heterocycles. The van der Waals surface area contributed by atoms with Crippen LogP contribution < -0.4 is 10.6 Å². The summed E-state index contributed by atoms with van der Waals surface area (Å²) in [7, 11) is 1.77. The van der Waals surface area contributed by atoms with Gasteiger partial charge in [0.2, 0.25) is 0 Å². The molecule has 0 bridgehead atoms. The van der Waals surface area contributed by atoms with Gasteiger partial charge in [-0.25, -0.2) is 9.97 Å². The Kier molecular flexibility index (Phi) is 4.49. The fourth-order valence-electron chi connectivity index (χ4n) is 1.68. The van der Waals surface area contributed by atoms with Crippen LogP contribution in [0.5, 0.6) is 0 Å². The number of hydrogen-bond donors (Lipinski definition) is 3. The highest BCUT2D eigenvalue weighted by atomic mass is 16.1. The van der Waals surface area contributed by atoms with E-state index >= 15 is 0 Å². The number of hydrogen-bond acceptors (Lipinski definition) is 4. The van der Waals surface area contributed by atoms with Gasteiger partial charge in [0.05, 0.1) is 0 Å². The molecule has 2 aromatic rings. The summed E-state index contributed by atoms with van der Waals surface area (Å²) in [6.45, 7) is 0.602. The summed E-state index contributed by atoms with van der Waals surface area (Å²) < 4.78 is 0. The summed E-state index contributed by atoms with van der Waals surface area (Å²) in [4.78, 5) is 23.2. The first-order valence-electron chi connectivity index (χ1n) is 6.21. The van der Waals surface area contributed by atoms with Crippen LogP contribution in [0.25, 0.3) is 0 Å². The van der Waals surface area contributed by atoms with Crippen molar-refractivity contribution < 1.29 is 4.79 Å². The van der Waals surface area contributed by atoms with Crippen molar-refractivity contribution >= 4 is 11.7 Å². The number of nitrogens with one attached hydrogen (secondary N) is 3. The Morgan fingerprint density at radius 2 is 2.32 bits per heavy atom. The van der Waals surface area contributed by atoms with Gasteiger partial charge in [0.25, 0.3) is 5.91 Å². The lowest BCUT2D eigenvalue weighted by atomic mass is 10.3. The summed E-state index contributed by atoms with van der Waals surface area (Å²) in [5.74, 6) is 1.46. The minimum absolute atomic E-state index is 0.156. The SMILES string of the molecule is CNc1cccc(C(=O)NCCCc2ncc[nH]2)n1. The molecule has 6 nitrogen and oxygen atoms in total. The smallest absolute Gasteiger partial charge is 0.269 e. The minimum Gasteiger partial charge on any atom is -0.373 e. The number of aromatic amines is 1. The van der Waals surface area contributed by atoms with Crippen molar-refractivity contribution in [2.75, 3.05) is 18.9 Å². The fraction of sp³-hybridized carbons (Fsp3) is 0.308. The highest BCUT2D eigenvalue weighted by Gasteiger charge is 2.06. The van der Waals surface area contributed by atoms with E-state index in [0.29, 0.717) is 18.1 Å². The number of imidazole rings is 1. The Balaban J connectivity index is 1.77. The molecule has 0 atom stereocenters. The average molecular weight is 259 g/mol. The molecule has 0 fully saturated rings. The van der Waals surface area contributed by atoms with Gasteiger partial charge in [-0.2, -0.15) is 0 Å². The van der Waals surface area contributed by atoms with Crippen molar-refractivity contribution in [3.8, 4) is 0 Å². The van der Waals surface area contributed by atoms with Crippen LogP contribution in [-0.2, 0) is 6.42 Å². The first kappa shape index (κ1) is 13.1. The molecule has 1 amide bonds. The van der Waals surface area contributed by atoms with E-state index in [0.717, 1.165) is 18.7 Å². The van der Waals surface area contributed by atoms with Crippen molar-refractivity contribution in [1.29, 1.82) is 0 Å². The summed E-state index contributed by atoms with van der Waals surface area (Å²) >= 11 is 0. The number of anilines is 1. The number of amides is 1. The average Bonchev–Trinajstić information content (AvgIpc) is 2.96. The van der Waals surface area contributed by atoms with Crippen LogP contribution in [0, 0.1) is 0 Å². The van der Waals surface area contributed by atoms with E-state index < -0.39 is 0 Å². The molecule has 6 heteroatoms. The highest BCUT2D eigenvalue weighted by Crippen LogP contribution is 2.03. The maximum absolute atomic E-state index is 11.8. The van der Waals surface area contributed by atoms with Crippen LogP contribution in [0.2, 0.25) is 0 Å². The normalized spacial score (nSPS) is 10.2. The van der Waals surface area contributed by atoms with Gasteiger partial charge in [-0.1, -0.05) is 6.07 Å². The van der Waals surface area contributed by atoms with Crippen molar-refractivity contribution in [3.63, 3.8) is 0 Å². The summed E-state index contributed by atoms with van der Waals surface area (Å²) in [6.07, 6.45) is 5.17. The van der Waals surface area contributed by atoms with Gasteiger partial charge in [-0.3, -0.25) is 4.79 Å². The molecule has 0 aromatic carbocycles. The lowest BCUT2D eigenvalue weighted by molar-refractivity contribution is 0.0948. The fourth-order valence-corrected chi connectivity index (χ4v) is 1.68. The molecule has 0 saturated heterocycles. The summed E-state index contributed by atoms with van der Waals surface area (Å²) in [5.41, 5.74) is 0.421. The number of carbonyl (C=O) groups is 1. The number of rotatable bonds is 6. The maximum atomic E-state index is 11.8. The van der Waals surface area contributed by atoms with Gasteiger partial charge >= 0.3 is 0 Å². The summed E-state index contributed by atoms with van der Waals surface area (Å²) in [5, 5.41) is 5.75. The second-order valence-electron chi connectivity index (χ2n) is 4.05.